The number of benzene rings is 1. The van der Waals surface area contributed by atoms with Crippen LogP contribution in [0, 0.1) is 0 Å². The minimum atomic E-state index is -3.82. The molecule has 0 saturated heterocycles. The highest BCUT2D eigenvalue weighted by molar-refractivity contribution is 7.92. The first-order chi connectivity index (χ1) is 9.37. The van der Waals surface area contributed by atoms with Crippen molar-refractivity contribution in [3.63, 3.8) is 0 Å². The van der Waals surface area contributed by atoms with Gasteiger partial charge in [0.15, 0.2) is 0 Å². The van der Waals surface area contributed by atoms with Crippen molar-refractivity contribution in [3.8, 4) is 0 Å². The highest BCUT2D eigenvalue weighted by Crippen LogP contribution is 2.13. The maximum Gasteiger partial charge on any atom is 0.307 e. The number of nitrogens with zero attached hydrogens (tertiary/aromatic N) is 4. The molecule has 0 aliphatic rings. The molecule has 2 N–H and O–H groups in total. The van der Waals surface area contributed by atoms with Gasteiger partial charge in [-0.1, -0.05) is 17.2 Å². The van der Waals surface area contributed by atoms with E-state index in [0.29, 0.717) is 5.56 Å². The average Bonchev–Trinajstić information content (AvgIpc) is 2.74. The lowest BCUT2D eigenvalue weighted by atomic mass is 10.2. The number of carboxylic acid groups (broad SMARTS) is 1. The SMILES string of the molecule is Cn1nnc(NS(=O)(=O)c2ccc(CC(=O)O)cc2)n1. The number of hydrogen-bond acceptors (Lipinski definition) is 6. The number of rotatable bonds is 5. The van der Waals surface area contributed by atoms with Crippen LogP contribution in [-0.4, -0.2) is 39.7 Å². The first-order valence-electron chi connectivity index (χ1n) is 5.44. The summed E-state index contributed by atoms with van der Waals surface area (Å²) in [6.45, 7) is 0. The van der Waals surface area contributed by atoms with E-state index in [1.54, 1.807) is 0 Å². The molecule has 0 amide bonds. The molecule has 0 atom stereocenters. The van der Waals surface area contributed by atoms with Crippen LogP contribution in [0.5, 0.6) is 0 Å². The van der Waals surface area contributed by atoms with Crippen LogP contribution in [0.3, 0.4) is 0 Å². The fourth-order valence-corrected chi connectivity index (χ4v) is 2.40. The zero-order valence-electron chi connectivity index (χ0n) is 10.4. The van der Waals surface area contributed by atoms with Gasteiger partial charge >= 0.3 is 5.97 Å². The number of tetrazole rings is 1. The number of hydrogen-bond donors (Lipinski definition) is 2. The van der Waals surface area contributed by atoms with Crippen LogP contribution in [0.1, 0.15) is 5.56 Å². The normalized spacial score (nSPS) is 11.2. The van der Waals surface area contributed by atoms with Gasteiger partial charge in [-0.3, -0.25) is 4.79 Å². The Bertz CT molecular complexity index is 722. The van der Waals surface area contributed by atoms with Crippen molar-refractivity contribution < 1.29 is 18.3 Å². The summed E-state index contributed by atoms with van der Waals surface area (Å²) in [7, 11) is -2.32. The van der Waals surface area contributed by atoms with Crippen molar-refractivity contribution in [2.45, 2.75) is 11.3 Å². The number of aryl methyl sites for hydroxylation is 1. The maximum atomic E-state index is 12.0. The Kier molecular flexibility index (Phi) is 3.66. The van der Waals surface area contributed by atoms with Crippen LogP contribution in [0.2, 0.25) is 0 Å². The van der Waals surface area contributed by atoms with Gasteiger partial charge in [0.2, 0.25) is 0 Å². The second kappa shape index (κ2) is 5.25. The van der Waals surface area contributed by atoms with Crippen LogP contribution >= 0.6 is 0 Å². The Hall–Kier alpha value is -2.49. The number of anilines is 1. The summed E-state index contributed by atoms with van der Waals surface area (Å²) in [5.74, 6) is -1.12. The third-order valence-electron chi connectivity index (χ3n) is 2.32. The third-order valence-corrected chi connectivity index (χ3v) is 3.67. The molecular formula is C10H11N5O4S. The largest absolute Gasteiger partial charge is 0.481 e. The number of carbonyl (C=O) groups is 1. The van der Waals surface area contributed by atoms with Crippen LogP contribution < -0.4 is 4.72 Å². The molecule has 2 rings (SSSR count). The predicted molar refractivity (Wildman–Crippen MR) is 67.4 cm³/mol. The Morgan fingerprint density at radius 1 is 1.35 bits per heavy atom. The summed E-state index contributed by atoms with van der Waals surface area (Å²) < 4.78 is 26.2. The lowest BCUT2D eigenvalue weighted by Crippen LogP contribution is -2.14. The Balaban J connectivity index is 2.19. The summed E-state index contributed by atoms with van der Waals surface area (Å²) in [6, 6.07) is 5.51. The van der Waals surface area contributed by atoms with E-state index in [1.807, 2.05) is 0 Å². The van der Waals surface area contributed by atoms with Gasteiger partial charge in [-0.2, -0.15) is 4.80 Å². The van der Waals surface area contributed by atoms with E-state index in [2.05, 4.69) is 20.1 Å². The van der Waals surface area contributed by atoms with Gasteiger partial charge < -0.3 is 5.11 Å². The minimum absolute atomic E-state index is 0.0147. The molecule has 1 heterocycles. The van der Waals surface area contributed by atoms with Gasteiger partial charge in [0, 0.05) is 0 Å². The van der Waals surface area contributed by atoms with E-state index in [1.165, 1.54) is 31.3 Å². The molecule has 0 bridgehead atoms. The topological polar surface area (TPSA) is 127 Å². The molecule has 1 aromatic carbocycles. The molecule has 0 aliphatic heterocycles. The lowest BCUT2D eigenvalue weighted by molar-refractivity contribution is -0.136. The van der Waals surface area contributed by atoms with Gasteiger partial charge in [-0.25, -0.2) is 13.1 Å². The first kappa shape index (κ1) is 13.9. The van der Waals surface area contributed by atoms with Crippen molar-refractivity contribution in [2.24, 2.45) is 7.05 Å². The van der Waals surface area contributed by atoms with Crippen LogP contribution in [-0.2, 0) is 28.3 Å². The van der Waals surface area contributed by atoms with Crippen LogP contribution in [0.4, 0.5) is 5.95 Å². The zero-order chi connectivity index (χ0) is 14.8. The van der Waals surface area contributed by atoms with E-state index in [9.17, 15) is 13.2 Å². The number of aromatic nitrogens is 4. The lowest BCUT2D eigenvalue weighted by Gasteiger charge is -2.04. The van der Waals surface area contributed by atoms with Crippen LogP contribution in [0.25, 0.3) is 0 Å². The summed E-state index contributed by atoms with van der Waals surface area (Å²) in [6.07, 6.45) is -0.167. The van der Waals surface area contributed by atoms with E-state index in [4.69, 9.17) is 5.11 Å². The molecule has 0 saturated carbocycles. The first-order valence-corrected chi connectivity index (χ1v) is 6.93. The summed E-state index contributed by atoms with van der Waals surface area (Å²) >= 11 is 0. The third kappa shape index (κ3) is 3.29. The van der Waals surface area contributed by atoms with Gasteiger partial charge in [0.1, 0.15) is 0 Å². The number of nitrogens with one attached hydrogen (secondary N) is 1. The summed E-state index contributed by atoms with van der Waals surface area (Å²) in [4.78, 5) is 11.6. The number of sulfonamides is 1. The molecule has 0 unspecified atom stereocenters. The molecule has 9 nitrogen and oxygen atoms in total. The fourth-order valence-electron chi connectivity index (χ4n) is 1.47. The Morgan fingerprint density at radius 2 is 2.00 bits per heavy atom. The molecular weight excluding hydrogens is 286 g/mol. The smallest absolute Gasteiger partial charge is 0.307 e. The standard InChI is InChI=1S/C10H11N5O4S/c1-15-12-10(11-14-15)13-20(18,19)8-4-2-7(3-5-8)6-9(16)17/h2-5H,6H2,1H3,(H,12,13)(H,16,17). The molecule has 0 fully saturated rings. The number of carboxylic acids is 1. The van der Waals surface area contributed by atoms with E-state index in [0.717, 1.165) is 4.80 Å². The second-order valence-electron chi connectivity index (χ2n) is 3.92. The average molecular weight is 297 g/mol. The van der Waals surface area contributed by atoms with E-state index < -0.39 is 16.0 Å². The molecule has 20 heavy (non-hydrogen) atoms. The van der Waals surface area contributed by atoms with Gasteiger partial charge in [-0.05, 0) is 22.9 Å². The summed E-state index contributed by atoms with van der Waals surface area (Å²) in [5, 5.41) is 19.4. The minimum Gasteiger partial charge on any atom is -0.481 e. The van der Waals surface area contributed by atoms with Crippen molar-refractivity contribution in [1.29, 1.82) is 0 Å². The van der Waals surface area contributed by atoms with Crippen molar-refractivity contribution >= 4 is 21.9 Å². The van der Waals surface area contributed by atoms with E-state index >= 15 is 0 Å². The number of aliphatic carboxylic acids is 1. The Labute approximate surface area is 114 Å². The molecule has 0 aliphatic carbocycles. The molecule has 2 aromatic rings. The summed E-state index contributed by atoms with van der Waals surface area (Å²) in [5.41, 5.74) is 0.508. The molecule has 1 aromatic heterocycles. The molecule has 106 valence electrons. The maximum absolute atomic E-state index is 12.0. The highest BCUT2D eigenvalue weighted by atomic mass is 32.2. The Morgan fingerprint density at radius 3 is 2.50 bits per heavy atom. The van der Waals surface area contributed by atoms with Gasteiger partial charge in [0.05, 0.1) is 18.4 Å². The zero-order valence-corrected chi connectivity index (χ0v) is 11.2. The van der Waals surface area contributed by atoms with E-state index in [-0.39, 0.29) is 17.3 Å². The van der Waals surface area contributed by atoms with Crippen molar-refractivity contribution in [3.05, 3.63) is 29.8 Å². The molecule has 0 spiro atoms. The van der Waals surface area contributed by atoms with Crippen LogP contribution in [0.15, 0.2) is 29.2 Å². The predicted octanol–water partition coefficient (Wildman–Crippen LogP) is -0.362. The molecule has 0 radical (unpaired) electrons. The second-order valence-corrected chi connectivity index (χ2v) is 5.60. The van der Waals surface area contributed by atoms with Crippen molar-refractivity contribution in [1.82, 2.24) is 20.2 Å². The highest BCUT2D eigenvalue weighted by Gasteiger charge is 2.16. The monoisotopic (exact) mass is 297 g/mol. The fraction of sp³-hybridized carbons (Fsp3) is 0.200. The van der Waals surface area contributed by atoms with Gasteiger partial charge in [-0.15, -0.1) is 5.10 Å². The van der Waals surface area contributed by atoms with Crippen molar-refractivity contribution in [2.75, 3.05) is 4.72 Å². The van der Waals surface area contributed by atoms with Gasteiger partial charge in [0.25, 0.3) is 16.0 Å². The molecule has 10 heteroatoms. The quantitative estimate of drug-likeness (QED) is 0.771.